The summed E-state index contributed by atoms with van der Waals surface area (Å²) in [6.07, 6.45) is 1.61. The summed E-state index contributed by atoms with van der Waals surface area (Å²) in [7, 11) is 3.40. The number of hydrogen-bond acceptors (Lipinski definition) is 4. The number of imidazole rings is 1. The van der Waals surface area contributed by atoms with Gasteiger partial charge in [0.25, 0.3) is 5.91 Å². The van der Waals surface area contributed by atoms with Gasteiger partial charge in [-0.2, -0.15) is 0 Å². The lowest BCUT2D eigenvalue weighted by Crippen LogP contribution is -2.19. The van der Waals surface area contributed by atoms with Gasteiger partial charge in [-0.3, -0.25) is 13.9 Å². The van der Waals surface area contributed by atoms with E-state index >= 15 is 0 Å². The Kier molecular flexibility index (Phi) is 5.02. The van der Waals surface area contributed by atoms with E-state index in [4.69, 9.17) is 4.42 Å². The number of aryl methyl sites for hydroxylation is 2. The van der Waals surface area contributed by atoms with Crippen molar-refractivity contribution in [2.24, 2.45) is 14.1 Å². The summed E-state index contributed by atoms with van der Waals surface area (Å²) in [6, 6.07) is 12.7. The molecule has 0 spiro atoms. The molecule has 0 fully saturated rings. The van der Waals surface area contributed by atoms with Gasteiger partial charge in [0.1, 0.15) is 11.6 Å². The van der Waals surface area contributed by atoms with E-state index in [0.29, 0.717) is 22.5 Å². The zero-order chi connectivity index (χ0) is 20.5. The first-order valence-corrected chi connectivity index (χ1v) is 9.84. The standard InChI is InChI=1S/C21H18FN3O3S/c1-24-17-10-16(23-20(26)13-5-7-14(22)8-6-13)19(11-18(17)25(2)21(24)27)29-12-15-4-3-9-28-15/h3-11H,12H2,1-2H3,(H,23,26). The normalized spacial score (nSPS) is 11.1. The van der Waals surface area contributed by atoms with Crippen molar-refractivity contribution in [3.05, 3.63) is 82.4 Å². The van der Waals surface area contributed by atoms with Crippen molar-refractivity contribution in [2.45, 2.75) is 10.6 Å². The van der Waals surface area contributed by atoms with Crippen LogP contribution in [-0.4, -0.2) is 15.0 Å². The van der Waals surface area contributed by atoms with Crippen molar-refractivity contribution >= 4 is 34.4 Å². The third-order valence-corrected chi connectivity index (χ3v) is 5.76. The number of carbonyl (C=O) groups is 1. The molecule has 2 heterocycles. The monoisotopic (exact) mass is 411 g/mol. The van der Waals surface area contributed by atoms with Crippen LogP contribution in [0.4, 0.5) is 10.1 Å². The molecule has 0 saturated heterocycles. The predicted molar refractivity (Wildman–Crippen MR) is 111 cm³/mol. The molecular formula is C21H18FN3O3S. The predicted octanol–water partition coefficient (Wildman–Crippen LogP) is 4.15. The van der Waals surface area contributed by atoms with E-state index in [2.05, 4.69) is 5.32 Å². The first-order valence-electron chi connectivity index (χ1n) is 8.85. The Balaban J connectivity index is 1.73. The van der Waals surface area contributed by atoms with Crippen molar-refractivity contribution in [3.8, 4) is 0 Å². The summed E-state index contributed by atoms with van der Waals surface area (Å²) < 4.78 is 21.6. The molecule has 1 N–H and O–H groups in total. The minimum Gasteiger partial charge on any atom is -0.468 e. The summed E-state index contributed by atoms with van der Waals surface area (Å²) in [5, 5.41) is 2.89. The maximum atomic E-state index is 13.2. The first-order chi connectivity index (χ1) is 13.9. The van der Waals surface area contributed by atoms with Gasteiger partial charge < -0.3 is 9.73 Å². The van der Waals surface area contributed by atoms with E-state index in [1.54, 1.807) is 31.0 Å². The van der Waals surface area contributed by atoms with Crippen LogP contribution in [0, 0.1) is 5.82 Å². The number of rotatable bonds is 5. The number of aromatic nitrogens is 2. The molecule has 0 radical (unpaired) electrons. The fourth-order valence-corrected chi connectivity index (χ4v) is 4.00. The van der Waals surface area contributed by atoms with Gasteiger partial charge in [0.05, 0.1) is 28.7 Å². The van der Waals surface area contributed by atoms with E-state index < -0.39 is 5.82 Å². The van der Waals surface area contributed by atoms with Gasteiger partial charge in [0.2, 0.25) is 0 Å². The molecule has 4 aromatic rings. The smallest absolute Gasteiger partial charge is 0.328 e. The summed E-state index contributed by atoms with van der Waals surface area (Å²) in [4.78, 5) is 25.8. The first kappa shape index (κ1) is 19.1. The van der Waals surface area contributed by atoms with Gasteiger partial charge in [-0.15, -0.1) is 11.8 Å². The number of amides is 1. The molecular weight excluding hydrogens is 393 g/mol. The quantitative estimate of drug-likeness (QED) is 0.501. The van der Waals surface area contributed by atoms with Gasteiger partial charge in [0.15, 0.2) is 0 Å². The molecule has 29 heavy (non-hydrogen) atoms. The number of anilines is 1. The van der Waals surface area contributed by atoms with Crippen LogP contribution < -0.4 is 11.0 Å². The van der Waals surface area contributed by atoms with Crippen LogP contribution in [0.3, 0.4) is 0 Å². The SMILES string of the molecule is Cn1c(=O)n(C)c2cc(SCc3ccco3)c(NC(=O)c3ccc(F)cc3)cc21. The molecule has 8 heteroatoms. The molecule has 6 nitrogen and oxygen atoms in total. The van der Waals surface area contributed by atoms with E-state index in [0.717, 1.165) is 16.2 Å². The fourth-order valence-electron chi connectivity index (χ4n) is 3.08. The highest BCUT2D eigenvalue weighted by atomic mass is 32.2. The van der Waals surface area contributed by atoms with Crippen LogP contribution in [0.15, 0.2) is 68.9 Å². The summed E-state index contributed by atoms with van der Waals surface area (Å²) in [5.41, 5.74) is 2.23. The van der Waals surface area contributed by atoms with Crippen molar-refractivity contribution < 1.29 is 13.6 Å². The fraction of sp³-hybridized carbons (Fsp3) is 0.143. The number of hydrogen-bond donors (Lipinski definition) is 1. The highest BCUT2D eigenvalue weighted by Crippen LogP contribution is 2.34. The van der Waals surface area contributed by atoms with E-state index in [-0.39, 0.29) is 11.6 Å². The molecule has 0 aliphatic rings. The molecule has 1 amide bonds. The van der Waals surface area contributed by atoms with E-state index in [9.17, 15) is 14.0 Å². The highest BCUT2D eigenvalue weighted by Gasteiger charge is 2.16. The summed E-state index contributed by atoms with van der Waals surface area (Å²) >= 11 is 1.49. The van der Waals surface area contributed by atoms with Crippen LogP contribution >= 0.6 is 11.8 Å². The van der Waals surface area contributed by atoms with Gasteiger partial charge in [-0.05, 0) is 48.5 Å². The van der Waals surface area contributed by atoms with Gasteiger partial charge in [-0.1, -0.05) is 0 Å². The Morgan fingerprint density at radius 1 is 1.10 bits per heavy atom. The number of benzene rings is 2. The van der Waals surface area contributed by atoms with Crippen molar-refractivity contribution in [3.63, 3.8) is 0 Å². The van der Waals surface area contributed by atoms with Crippen LogP contribution in [0.5, 0.6) is 0 Å². The number of carbonyl (C=O) groups excluding carboxylic acids is 1. The lowest BCUT2D eigenvalue weighted by Gasteiger charge is -2.12. The number of halogens is 1. The Morgan fingerprint density at radius 3 is 2.45 bits per heavy atom. The lowest BCUT2D eigenvalue weighted by atomic mass is 10.2. The molecule has 148 valence electrons. The van der Waals surface area contributed by atoms with Crippen molar-refractivity contribution in [2.75, 3.05) is 5.32 Å². The maximum Gasteiger partial charge on any atom is 0.328 e. The Bertz CT molecular complexity index is 1240. The van der Waals surface area contributed by atoms with Gasteiger partial charge in [-0.25, -0.2) is 9.18 Å². The minimum atomic E-state index is -0.406. The Labute approximate surface area is 169 Å². The number of thioether (sulfide) groups is 1. The third kappa shape index (κ3) is 3.71. The second kappa shape index (κ2) is 7.63. The zero-order valence-electron chi connectivity index (χ0n) is 15.8. The molecule has 0 unspecified atom stereocenters. The summed E-state index contributed by atoms with van der Waals surface area (Å²) in [6.45, 7) is 0. The number of nitrogens with zero attached hydrogens (tertiary/aromatic N) is 2. The zero-order valence-corrected chi connectivity index (χ0v) is 16.6. The van der Waals surface area contributed by atoms with Crippen LogP contribution in [0.25, 0.3) is 11.0 Å². The van der Waals surface area contributed by atoms with E-state index in [1.165, 1.54) is 40.6 Å². The van der Waals surface area contributed by atoms with E-state index in [1.807, 2.05) is 18.2 Å². The topological polar surface area (TPSA) is 69.2 Å². The van der Waals surface area contributed by atoms with Crippen molar-refractivity contribution in [1.82, 2.24) is 9.13 Å². The Morgan fingerprint density at radius 2 is 1.79 bits per heavy atom. The maximum absolute atomic E-state index is 13.2. The molecule has 0 atom stereocenters. The number of furan rings is 1. The summed E-state index contributed by atoms with van der Waals surface area (Å²) in [5.74, 6) is 0.605. The average Bonchev–Trinajstić information content (AvgIpc) is 3.31. The van der Waals surface area contributed by atoms with Crippen molar-refractivity contribution in [1.29, 1.82) is 0 Å². The second-order valence-corrected chi connectivity index (χ2v) is 7.58. The molecule has 4 rings (SSSR count). The molecule has 0 saturated carbocycles. The van der Waals surface area contributed by atoms with Crippen LogP contribution in [-0.2, 0) is 19.8 Å². The second-order valence-electron chi connectivity index (χ2n) is 6.57. The molecule has 2 aromatic heterocycles. The molecule has 0 aliphatic carbocycles. The number of fused-ring (bicyclic) bond motifs is 1. The molecule has 2 aromatic carbocycles. The van der Waals surface area contributed by atoms with Crippen LogP contribution in [0.2, 0.25) is 0 Å². The van der Waals surface area contributed by atoms with Gasteiger partial charge in [0, 0.05) is 24.6 Å². The Hall–Kier alpha value is -3.26. The number of nitrogens with one attached hydrogen (secondary N) is 1. The largest absolute Gasteiger partial charge is 0.468 e. The van der Waals surface area contributed by atoms with Crippen LogP contribution in [0.1, 0.15) is 16.1 Å². The molecule has 0 bridgehead atoms. The molecule has 0 aliphatic heterocycles. The van der Waals surface area contributed by atoms with Gasteiger partial charge >= 0.3 is 5.69 Å². The third-order valence-electron chi connectivity index (χ3n) is 4.68. The minimum absolute atomic E-state index is 0.149. The lowest BCUT2D eigenvalue weighted by molar-refractivity contribution is 0.102. The average molecular weight is 411 g/mol. The highest BCUT2D eigenvalue weighted by molar-refractivity contribution is 7.98.